The standard InChI is InChI=1S/C29H38ClN3O5.C2HF3O2/c30-23-9-6-21(7-10-23)13-18-37-19-14-27(36)33(24-4-2-1-3-5-24)17-16-31-15-12-22-8-11-25(34)28-29(22)38-20-26(35)32-28;3-2(4,5)1(6)7/h6-11,24,31,34H,1-5,12-20H2,(H,32,35);(H,6,7). The van der Waals surface area contributed by atoms with Gasteiger partial charge < -0.3 is 35.2 Å². The van der Waals surface area contributed by atoms with Crippen LogP contribution in [0.25, 0.3) is 0 Å². The summed E-state index contributed by atoms with van der Waals surface area (Å²) in [4.78, 5) is 35.7. The Hall–Kier alpha value is -3.55. The molecule has 248 valence electrons. The zero-order valence-electron chi connectivity index (χ0n) is 24.8. The first-order valence-corrected chi connectivity index (χ1v) is 15.2. The van der Waals surface area contributed by atoms with E-state index in [9.17, 15) is 27.9 Å². The van der Waals surface area contributed by atoms with Crippen LogP contribution in [0.15, 0.2) is 36.4 Å². The second-order valence-corrected chi connectivity index (χ2v) is 11.1. The van der Waals surface area contributed by atoms with Gasteiger partial charge >= 0.3 is 12.1 Å². The fraction of sp³-hybridized carbons (Fsp3) is 0.516. The summed E-state index contributed by atoms with van der Waals surface area (Å²) in [6.45, 7) is 2.99. The number of carboxylic acids is 1. The molecule has 1 aliphatic heterocycles. The van der Waals surface area contributed by atoms with Gasteiger partial charge in [0.2, 0.25) is 5.91 Å². The van der Waals surface area contributed by atoms with Gasteiger partial charge in [0.1, 0.15) is 11.4 Å². The monoisotopic (exact) mass is 657 g/mol. The van der Waals surface area contributed by atoms with E-state index in [4.69, 9.17) is 31.0 Å². The van der Waals surface area contributed by atoms with E-state index in [0.717, 1.165) is 29.8 Å². The molecular formula is C31H39ClF3N3O7. The SMILES string of the molecule is O=C(O)C(F)(F)F.O=C1COc2c(CCNCCN(C(=O)CCOCCc3ccc(Cl)cc3)C3CCCCC3)ccc(O)c2N1. The molecule has 45 heavy (non-hydrogen) atoms. The van der Waals surface area contributed by atoms with Crippen LogP contribution in [0.1, 0.15) is 49.7 Å². The third kappa shape index (κ3) is 12.0. The van der Waals surface area contributed by atoms with Gasteiger partial charge in [-0.2, -0.15) is 13.2 Å². The quantitative estimate of drug-likeness (QED) is 0.175. The third-order valence-electron chi connectivity index (χ3n) is 7.42. The van der Waals surface area contributed by atoms with Crippen molar-refractivity contribution in [2.24, 2.45) is 0 Å². The summed E-state index contributed by atoms with van der Waals surface area (Å²) in [7, 11) is 0. The number of aromatic hydroxyl groups is 1. The lowest BCUT2D eigenvalue weighted by molar-refractivity contribution is -0.192. The lowest BCUT2D eigenvalue weighted by Crippen LogP contribution is -2.45. The number of ether oxygens (including phenoxy) is 2. The molecule has 0 spiro atoms. The van der Waals surface area contributed by atoms with Crippen molar-refractivity contribution in [3.05, 3.63) is 52.5 Å². The Balaban J connectivity index is 0.000000707. The number of alkyl halides is 3. The maximum Gasteiger partial charge on any atom is 0.490 e. The zero-order chi connectivity index (χ0) is 32.8. The van der Waals surface area contributed by atoms with Crippen molar-refractivity contribution in [1.29, 1.82) is 0 Å². The van der Waals surface area contributed by atoms with Crippen LogP contribution in [0.3, 0.4) is 0 Å². The summed E-state index contributed by atoms with van der Waals surface area (Å²) >= 11 is 5.94. The molecule has 4 N–H and O–H groups in total. The fourth-order valence-electron chi connectivity index (χ4n) is 5.11. The molecule has 0 aromatic heterocycles. The number of carbonyl (C=O) groups excluding carboxylic acids is 2. The number of phenolic OH excluding ortho intramolecular Hbond substituents is 1. The van der Waals surface area contributed by atoms with Crippen LogP contribution in [0.4, 0.5) is 18.9 Å². The van der Waals surface area contributed by atoms with Gasteiger partial charge in [-0.1, -0.05) is 49.1 Å². The van der Waals surface area contributed by atoms with Crippen LogP contribution in [-0.2, 0) is 32.0 Å². The first-order valence-electron chi connectivity index (χ1n) is 14.9. The Labute approximate surface area is 264 Å². The van der Waals surface area contributed by atoms with E-state index in [-0.39, 0.29) is 24.2 Å². The molecule has 2 aliphatic rings. The summed E-state index contributed by atoms with van der Waals surface area (Å²) in [6, 6.07) is 11.4. The first kappa shape index (κ1) is 35.9. The largest absolute Gasteiger partial charge is 0.506 e. The van der Waals surface area contributed by atoms with Gasteiger partial charge in [-0.05, 0) is 61.6 Å². The molecule has 1 aliphatic carbocycles. The molecule has 0 atom stereocenters. The number of halogens is 4. The van der Waals surface area contributed by atoms with Gasteiger partial charge in [0.15, 0.2) is 12.4 Å². The van der Waals surface area contributed by atoms with Crippen molar-refractivity contribution in [2.75, 3.05) is 44.8 Å². The summed E-state index contributed by atoms with van der Waals surface area (Å²) < 4.78 is 43.1. The number of phenols is 1. The topological polar surface area (TPSA) is 137 Å². The lowest BCUT2D eigenvalue weighted by Gasteiger charge is -2.34. The zero-order valence-corrected chi connectivity index (χ0v) is 25.6. The number of hydrogen-bond acceptors (Lipinski definition) is 7. The van der Waals surface area contributed by atoms with Gasteiger partial charge in [0.25, 0.3) is 5.91 Å². The molecule has 14 heteroatoms. The number of fused-ring (bicyclic) bond motifs is 1. The average molecular weight is 658 g/mol. The molecule has 2 amide bonds. The minimum absolute atomic E-state index is 0.000328. The van der Waals surface area contributed by atoms with E-state index in [1.165, 1.54) is 24.8 Å². The number of hydrogen-bond donors (Lipinski definition) is 4. The summed E-state index contributed by atoms with van der Waals surface area (Å²) in [5.74, 6) is -2.35. The van der Waals surface area contributed by atoms with Crippen LogP contribution in [0.2, 0.25) is 5.02 Å². The second kappa shape index (κ2) is 17.8. The third-order valence-corrected chi connectivity index (χ3v) is 7.67. The van der Waals surface area contributed by atoms with E-state index in [1.807, 2.05) is 30.3 Å². The van der Waals surface area contributed by atoms with E-state index in [2.05, 4.69) is 15.5 Å². The highest BCUT2D eigenvalue weighted by Gasteiger charge is 2.38. The molecule has 0 unspecified atom stereocenters. The van der Waals surface area contributed by atoms with E-state index < -0.39 is 12.1 Å². The number of benzene rings is 2. The normalized spacial score (nSPS) is 14.8. The van der Waals surface area contributed by atoms with Gasteiger partial charge in [0.05, 0.1) is 19.6 Å². The molecule has 2 aromatic carbocycles. The van der Waals surface area contributed by atoms with Gasteiger partial charge in [0, 0.05) is 24.2 Å². The molecule has 0 saturated heterocycles. The van der Waals surface area contributed by atoms with Gasteiger partial charge in [-0.15, -0.1) is 0 Å². The summed E-state index contributed by atoms with van der Waals surface area (Å²) in [5, 5.41) is 24.0. The number of carboxylic acid groups (broad SMARTS) is 1. The van der Waals surface area contributed by atoms with Gasteiger partial charge in [-0.25, -0.2) is 4.79 Å². The maximum absolute atomic E-state index is 13.1. The van der Waals surface area contributed by atoms with Crippen LogP contribution in [0.5, 0.6) is 11.5 Å². The summed E-state index contributed by atoms with van der Waals surface area (Å²) in [5.41, 5.74) is 2.42. The fourth-order valence-corrected chi connectivity index (χ4v) is 5.23. The predicted molar refractivity (Wildman–Crippen MR) is 162 cm³/mol. The molecule has 0 bridgehead atoms. The Bertz CT molecular complexity index is 1270. The molecule has 2 aromatic rings. The van der Waals surface area contributed by atoms with Crippen molar-refractivity contribution < 1.29 is 47.2 Å². The number of nitrogens with one attached hydrogen (secondary N) is 2. The molecule has 4 rings (SSSR count). The Morgan fingerprint density at radius 2 is 1.73 bits per heavy atom. The highest BCUT2D eigenvalue weighted by molar-refractivity contribution is 6.30. The Morgan fingerprint density at radius 1 is 1.04 bits per heavy atom. The number of aliphatic carboxylic acids is 1. The van der Waals surface area contributed by atoms with Crippen LogP contribution < -0.4 is 15.4 Å². The van der Waals surface area contributed by atoms with Crippen LogP contribution in [-0.4, -0.2) is 84.6 Å². The molecule has 1 fully saturated rings. The van der Waals surface area contributed by atoms with Crippen molar-refractivity contribution in [1.82, 2.24) is 10.2 Å². The van der Waals surface area contributed by atoms with Crippen molar-refractivity contribution in [3.8, 4) is 11.5 Å². The van der Waals surface area contributed by atoms with Crippen molar-refractivity contribution in [2.45, 2.75) is 63.6 Å². The molecule has 10 nitrogen and oxygen atoms in total. The number of amides is 2. The maximum atomic E-state index is 13.1. The van der Waals surface area contributed by atoms with Crippen LogP contribution in [0, 0.1) is 0 Å². The van der Waals surface area contributed by atoms with E-state index in [1.54, 1.807) is 6.07 Å². The molecule has 1 saturated carbocycles. The summed E-state index contributed by atoms with van der Waals surface area (Å²) in [6.07, 6.45) is 2.48. The van der Waals surface area contributed by atoms with Crippen LogP contribution >= 0.6 is 11.6 Å². The number of rotatable bonds is 13. The number of nitrogens with zero attached hydrogens (tertiary/aromatic N) is 1. The van der Waals surface area contributed by atoms with E-state index in [0.29, 0.717) is 63.2 Å². The van der Waals surface area contributed by atoms with Gasteiger partial charge in [-0.3, -0.25) is 9.59 Å². The Kier molecular flexibility index (Phi) is 14.2. The van der Waals surface area contributed by atoms with Crippen molar-refractivity contribution in [3.63, 3.8) is 0 Å². The molecule has 1 heterocycles. The number of carbonyl (C=O) groups is 3. The highest BCUT2D eigenvalue weighted by Crippen LogP contribution is 2.39. The lowest BCUT2D eigenvalue weighted by atomic mass is 9.94. The predicted octanol–water partition coefficient (Wildman–Crippen LogP) is 4.95. The molecule has 0 radical (unpaired) electrons. The average Bonchev–Trinajstić information content (AvgIpc) is 3.01. The second-order valence-electron chi connectivity index (χ2n) is 10.7. The first-order chi connectivity index (χ1) is 21.5. The number of anilines is 1. The minimum atomic E-state index is -5.08. The smallest absolute Gasteiger partial charge is 0.490 e. The highest BCUT2D eigenvalue weighted by atomic mass is 35.5. The molecular weight excluding hydrogens is 619 g/mol. The minimum Gasteiger partial charge on any atom is -0.506 e. The Morgan fingerprint density at radius 3 is 2.40 bits per heavy atom. The van der Waals surface area contributed by atoms with Crippen molar-refractivity contribution >= 4 is 35.1 Å². The van der Waals surface area contributed by atoms with E-state index >= 15 is 0 Å².